The highest BCUT2D eigenvalue weighted by atomic mass is 35.5. The van der Waals surface area contributed by atoms with E-state index in [1.807, 2.05) is 0 Å². The van der Waals surface area contributed by atoms with Crippen LogP contribution in [0.4, 0.5) is 0 Å². The Morgan fingerprint density at radius 2 is 2.17 bits per heavy atom. The van der Waals surface area contributed by atoms with Crippen molar-refractivity contribution >= 4 is 22.5 Å². The third kappa shape index (κ3) is 2.58. The molecule has 3 heterocycles. The van der Waals surface area contributed by atoms with E-state index in [0.717, 1.165) is 17.6 Å². The van der Waals surface area contributed by atoms with Gasteiger partial charge in [0.25, 0.3) is 0 Å². The summed E-state index contributed by atoms with van der Waals surface area (Å²) in [5.41, 5.74) is 0.694. The van der Waals surface area contributed by atoms with E-state index in [1.54, 1.807) is 19.2 Å². The summed E-state index contributed by atoms with van der Waals surface area (Å²) in [6, 6.07) is 3.58. The van der Waals surface area contributed by atoms with Gasteiger partial charge in [0.15, 0.2) is 23.7 Å². The fourth-order valence-electron chi connectivity index (χ4n) is 2.83. The molecule has 1 aromatic carbocycles. The Morgan fingerprint density at radius 1 is 1.26 bits per heavy atom. The summed E-state index contributed by atoms with van der Waals surface area (Å²) in [6.45, 7) is 1.12. The number of hydrogen-bond donors (Lipinski definition) is 0. The summed E-state index contributed by atoms with van der Waals surface area (Å²) in [4.78, 5) is 8.21. The number of hydrogen-bond acceptors (Lipinski definition) is 6. The predicted molar refractivity (Wildman–Crippen MR) is 83.9 cm³/mol. The second kappa shape index (κ2) is 5.86. The van der Waals surface area contributed by atoms with Crippen molar-refractivity contribution in [1.29, 1.82) is 0 Å². The Kier molecular flexibility index (Phi) is 3.71. The minimum absolute atomic E-state index is 0.168. The number of methoxy groups -OCH3 is 1. The van der Waals surface area contributed by atoms with E-state index in [-0.39, 0.29) is 12.2 Å². The van der Waals surface area contributed by atoms with Crippen LogP contribution in [0.1, 0.15) is 6.42 Å². The van der Waals surface area contributed by atoms with Gasteiger partial charge in [-0.05, 0) is 18.6 Å². The van der Waals surface area contributed by atoms with Gasteiger partial charge in [0.05, 0.1) is 19.2 Å². The molecule has 23 heavy (non-hydrogen) atoms. The fourth-order valence-corrected chi connectivity index (χ4v) is 3.03. The average molecular weight is 335 g/mol. The number of fused-ring (bicyclic) bond motifs is 2. The molecule has 1 unspecified atom stereocenters. The molecule has 120 valence electrons. The van der Waals surface area contributed by atoms with E-state index in [0.29, 0.717) is 35.4 Å². The monoisotopic (exact) mass is 334 g/mol. The molecule has 4 rings (SSSR count). The molecule has 1 saturated heterocycles. The van der Waals surface area contributed by atoms with Crippen LogP contribution >= 0.6 is 11.6 Å². The second-order valence-corrected chi connectivity index (χ2v) is 5.70. The van der Waals surface area contributed by atoms with E-state index >= 15 is 0 Å². The molecule has 6 nitrogen and oxygen atoms in total. The zero-order valence-electron chi connectivity index (χ0n) is 12.5. The standard InChI is InChI=1S/C16H15ClN2O4/c1-20-12-5-9-10(18-8-19-16(9)17)6-13(12)23-14-7-22-11-3-2-4-21-15(11)14/h3,5-6,8,14-15H,2,4,7H2,1H3/t14-,15?/m1/s1. The Labute approximate surface area is 138 Å². The summed E-state index contributed by atoms with van der Waals surface area (Å²) < 4.78 is 22.9. The lowest BCUT2D eigenvalue weighted by molar-refractivity contribution is 0.00912. The van der Waals surface area contributed by atoms with Crippen molar-refractivity contribution < 1.29 is 18.9 Å². The largest absolute Gasteiger partial charge is 0.493 e. The molecule has 2 aliphatic rings. The first-order chi connectivity index (χ1) is 11.3. The van der Waals surface area contributed by atoms with Crippen molar-refractivity contribution in [2.75, 3.05) is 20.3 Å². The molecule has 0 bridgehead atoms. The van der Waals surface area contributed by atoms with Gasteiger partial charge in [0.1, 0.15) is 23.8 Å². The van der Waals surface area contributed by atoms with Crippen LogP contribution in [0.25, 0.3) is 10.9 Å². The quantitative estimate of drug-likeness (QED) is 0.804. The molecule has 2 aromatic rings. The van der Waals surface area contributed by atoms with Crippen molar-refractivity contribution in [1.82, 2.24) is 9.97 Å². The number of halogens is 1. The normalized spacial score (nSPS) is 23.1. The lowest BCUT2D eigenvalue weighted by atomic mass is 10.1. The van der Waals surface area contributed by atoms with Gasteiger partial charge < -0.3 is 18.9 Å². The molecular weight excluding hydrogens is 320 g/mol. The summed E-state index contributed by atoms with van der Waals surface area (Å²) >= 11 is 6.10. The molecule has 0 amide bonds. The van der Waals surface area contributed by atoms with E-state index in [4.69, 9.17) is 30.5 Å². The van der Waals surface area contributed by atoms with Crippen molar-refractivity contribution in [3.63, 3.8) is 0 Å². The van der Waals surface area contributed by atoms with Gasteiger partial charge in [-0.15, -0.1) is 0 Å². The number of ether oxygens (including phenoxy) is 4. The molecule has 2 atom stereocenters. The highest BCUT2D eigenvalue weighted by Crippen LogP contribution is 2.36. The maximum Gasteiger partial charge on any atom is 0.166 e. The van der Waals surface area contributed by atoms with Crippen LogP contribution in [0.15, 0.2) is 30.3 Å². The first-order valence-electron chi connectivity index (χ1n) is 7.35. The van der Waals surface area contributed by atoms with E-state index in [2.05, 4.69) is 16.0 Å². The third-order valence-electron chi connectivity index (χ3n) is 3.94. The van der Waals surface area contributed by atoms with Crippen LogP contribution < -0.4 is 9.47 Å². The molecule has 0 aliphatic carbocycles. The van der Waals surface area contributed by atoms with Gasteiger partial charge in [-0.1, -0.05) is 11.6 Å². The zero-order valence-corrected chi connectivity index (χ0v) is 13.2. The van der Waals surface area contributed by atoms with Crippen molar-refractivity contribution in [3.05, 3.63) is 35.4 Å². The topological polar surface area (TPSA) is 62.7 Å². The molecule has 0 N–H and O–H groups in total. The minimum atomic E-state index is -0.217. The first kappa shape index (κ1) is 14.5. The maximum atomic E-state index is 6.10. The van der Waals surface area contributed by atoms with Crippen molar-refractivity contribution in [2.45, 2.75) is 18.6 Å². The third-order valence-corrected chi connectivity index (χ3v) is 4.24. The van der Waals surface area contributed by atoms with Gasteiger partial charge >= 0.3 is 0 Å². The van der Waals surface area contributed by atoms with Crippen LogP contribution in [-0.4, -0.2) is 42.5 Å². The van der Waals surface area contributed by atoms with E-state index < -0.39 is 0 Å². The Hall–Kier alpha value is -2.05. The van der Waals surface area contributed by atoms with Gasteiger partial charge in [0.2, 0.25) is 0 Å². The molecule has 0 radical (unpaired) electrons. The minimum Gasteiger partial charge on any atom is -0.493 e. The highest BCUT2D eigenvalue weighted by Gasteiger charge is 2.38. The molecule has 0 saturated carbocycles. The number of nitrogens with zero attached hydrogens (tertiary/aromatic N) is 2. The molecular formula is C16H15ClN2O4. The smallest absolute Gasteiger partial charge is 0.166 e. The Morgan fingerprint density at radius 3 is 3.04 bits per heavy atom. The Balaban J connectivity index is 1.68. The van der Waals surface area contributed by atoms with E-state index in [1.165, 1.54) is 6.33 Å². The lowest BCUT2D eigenvalue weighted by Crippen LogP contribution is -2.33. The summed E-state index contributed by atoms with van der Waals surface area (Å²) in [5, 5.41) is 1.10. The van der Waals surface area contributed by atoms with Crippen LogP contribution in [0.3, 0.4) is 0 Å². The van der Waals surface area contributed by atoms with E-state index in [9.17, 15) is 0 Å². The predicted octanol–water partition coefficient (Wildman–Crippen LogP) is 2.74. The first-order valence-corrected chi connectivity index (χ1v) is 7.73. The molecule has 7 heteroatoms. The van der Waals surface area contributed by atoms with Crippen LogP contribution in [0.5, 0.6) is 11.5 Å². The average Bonchev–Trinajstić information content (AvgIpc) is 2.98. The number of rotatable bonds is 3. The van der Waals surface area contributed by atoms with Crippen LogP contribution in [-0.2, 0) is 9.47 Å². The Bertz CT molecular complexity index is 780. The fraction of sp³-hybridized carbons (Fsp3) is 0.375. The number of aromatic nitrogens is 2. The lowest BCUT2D eigenvalue weighted by Gasteiger charge is -2.22. The molecule has 1 fully saturated rings. The summed E-state index contributed by atoms with van der Waals surface area (Å²) in [6.07, 6.45) is 3.96. The molecule has 1 aromatic heterocycles. The molecule has 2 aliphatic heterocycles. The van der Waals surface area contributed by atoms with Gasteiger partial charge in [0, 0.05) is 11.5 Å². The van der Waals surface area contributed by atoms with Gasteiger partial charge in [-0.25, -0.2) is 9.97 Å². The zero-order chi connectivity index (χ0) is 15.8. The molecule has 0 spiro atoms. The number of benzene rings is 1. The van der Waals surface area contributed by atoms with Gasteiger partial charge in [-0.3, -0.25) is 0 Å². The van der Waals surface area contributed by atoms with Crippen molar-refractivity contribution in [2.24, 2.45) is 0 Å². The van der Waals surface area contributed by atoms with Crippen LogP contribution in [0.2, 0.25) is 5.15 Å². The van der Waals surface area contributed by atoms with Gasteiger partial charge in [-0.2, -0.15) is 0 Å². The summed E-state index contributed by atoms with van der Waals surface area (Å²) in [5.74, 6) is 2.01. The highest BCUT2D eigenvalue weighted by molar-refractivity contribution is 6.34. The SMILES string of the molecule is COc1cc2c(Cl)ncnc2cc1O[C@@H]1COC2=CCCOC21. The second-order valence-electron chi connectivity index (χ2n) is 5.34. The van der Waals surface area contributed by atoms with Crippen LogP contribution in [0, 0.1) is 0 Å². The maximum absolute atomic E-state index is 6.10. The van der Waals surface area contributed by atoms with Crippen molar-refractivity contribution in [3.8, 4) is 11.5 Å². The summed E-state index contributed by atoms with van der Waals surface area (Å²) in [7, 11) is 1.58.